The molecule has 0 aromatic heterocycles. The van der Waals surface area contributed by atoms with Crippen molar-refractivity contribution in [2.24, 2.45) is 0 Å². The Hall–Kier alpha value is -4.21. The second kappa shape index (κ2) is 19.9. The molecule has 2 aromatic carbocycles. The van der Waals surface area contributed by atoms with E-state index in [0.29, 0.717) is 43.6 Å². The lowest BCUT2D eigenvalue weighted by molar-refractivity contribution is -0.143. The molecule has 3 rings (SSSR count). The first kappa shape index (κ1) is 37.0. The first-order valence-electron chi connectivity index (χ1n) is 16.2. The molecule has 2 aromatic rings. The third kappa shape index (κ3) is 12.4. The number of rotatable bonds is 16. The molecule has 1 atom stereocenters. The maximum Gasteiger partial charge on any atom is 0.305 e. The summed E-state index contributed by atoms with van der Waals surface area (Å²) in [5.41, 5.74) is 5.28. The van der Waals surface area contributed by atoms with Crippen LogP contribution in [0.1, 0.15) is 109 Å². The Morgan fingerprint density at radius 3 is 1.62 bits per heavy atom. The summed E-state index contributed by atoms with van der Waals surface area (Å²) in [7, 11) is 0. The predicted molar refractivity (Wildman–Crippen MR) is 178 cm³/mol. The minimum Gasteiger partial charge on any atom is -0.465 e. The second-order valence-electron chi connectivity index (χ2n) is 10.9. The van der Waals surface area contributed by atoms with Crippen LogP contribution in [0.25, 0.3) is 11.1 Å². The van der Waals surface area contributed by atoms with Crippen molar-refractivity contribution in [1.29, 1.82) is 0 Å². The van der Waals surface area contributed by atoms with Gasteiger partial charge in [0.2, 0.25) is 23.6 Å². The van der Waals surface area contributed by atoms with Gasteiger partial charge in [0, 0.05) is 62.5 Å². The number of carbonyl (C=O) groups excluding carboxylic acids is 5. The molecule has 1 aliphatic carbocycles. The minimum absolute atomic E-state index is 0.0419. The van der Waals surface area contributed by atoms with Crippen LogP contribution in [0, 0.1) is 0 Å². The van der Waals surface area contributed by atoms with Crippen LogP contribution >= 0.6 is 0 Å². The summed E-state index contributed by atoms with van der Waals surface area (Å²) in [6.07, 6.45) is 5.02. The number of anilines is 2. The smallest absolute Gasteiger partial charge is 0.305 e. The molecule has 1 aliphatic rings. The van der Waals surface area contributed by atoms with Crippen molar-refractivity contribution >= 4 is 41.0 Å². The van der Waals surface area contributed by atoms with Crippen LogP contribution in [0.2, 0.25) is 0 Å². The fourth-order valence-corrected chi connectivity index (χ4v) is 4.80. The molecule has 0 bridgehead atoms. The van der Waals surface area contributed by atoms with E-state index in [1.165, 1.54) is 0 Å². The summed E-state index contributed by atoms with van der Waals surface area (Å²) in [6.45, 7) is 11.2. The third-order valence-corrected chi connectivity index (χ3v) is 7.16. The molecule has 4 amide bonds. The van der Waals surface area contributed by atoms with Gasteiger partial charge < -0.3 is 26.0 Å². The zero-order valence-electron chi connectivity index (χ0n) is 27.5. The highest BCUT2D eigenvalue weighted by Gasteiger charge is 2.30. The van der Waals surface area contributed by atoms with Gasteiger partial charge in [-0.3, -0.25) is 24.0 Å². The first-order valence-corrected chi connectivity index (χ1v) is 16.2. The number of nitrogens with one attached hydrogen (secondary N) is 4. The molecule has 0 spiro atoms. The number of fused-ring (bicyclic) bond motifs is 3. The number of amides is 4. The Morgan fingerprint density at radius 1 is 0.622 bits per heavy atom. The predicted octanol–water partition coefficient (Wildman–Crippen LogP) is 6.05. The van der Waals surface area contributed by atoms with Gasteiger partial charge >= 0.3 is 5.97 Å². The van der Waals surface area contributed by atoms with Crippen LogP contribution in [-0.2, 0) is 28.7 Å². The molecule has 10 heteroatoms. The molecule has 4 N–H and O–H groups in total. The van der Waals surface area contributed by atoms with Gasteiger partial charge in [-0.25, -0.2) is 0 Å². The molecule has 0 saturated heterocycles. The Kier molecular flexibility index (Phi) is 16.4. The van der Waals surface area contributed by atoms with Crippen LogP contribution in [0.3, 0.4) is 0 Å². The van der Waals surface area contributed by atoms with Crippen molar-refractivity contribution in [3.05, 3.63) is 47.5 Å². The van der Waals surface area contributed by atoms with Crippen molar-refractivity contribution in [3.63, 3.8) is 0 Å². The lowest BCUT2D eigenvalue weighted by Gasteiger charge is -2.16. The number of ether oxygens (including phenoxy) is 1. The van der Waals surface area contributed by atoms with Gasteiger partial charge in [-0.15, -0.1) is 0 Å². The van der Waals surface area contributed by atoms with Crippen LogP contribution in [-0.4, -0.2) is 49.3 Å². The summed E-state index contributed by atoms with van der Waals surface area (Å²) in [5.74, 6) is -0.600. The normalized spacial score (nSPS) is 12.5. The van der Waals surface area contributed by atoms with E-state index < -0.39 is 0 Å². The fraction of sp³-hybridized carbons (Fsp3) is 0.514. The van der Waals surface area contributed by atoms with Gasteiger partial charge in [0.1, 0.15) is 6.61 Å². The Bertz CT molecular complexity index is 1310. The molecule has 0 aliphatic heterocycles. The van der Waals surface area contributed by atoms with E-state index >= 15 is 0 Å². The summed E-state index contributed by atoms with van der Waals surface area (Å²) in [4.78, 5) is 58.8. The largest absolute Gasteiger partial charge is 0.465 e. The molecule has 10 nitrogen and oxygen atoms in total. The van der Waals surface area contributed by atoms with Gasteiger partial charge in [0.25, 0.3) is 0 Å². The summed E-state index contributed by atoms with van der Waals surface area (Å²) >= 11 is 0. The van der Waals surface area contributed by atoms with Crippen molar-refractivity contribution in [1.82, 2.24) is 10.6 Å². The lowest BCUT2D eigenvalue weighted by Crippen LogP contribution is -2.24. The quantitative estimate of drug-likeness (QED) is 0.168. The molecule has 0 saturated carbocycles. The number of carbonyl (C=O) groups is 5. The highest BCUT2D eigenvalue weighted by molar-refractivity contribution is 5.94. The Labute approximate surface area is 267 Å². The van der Waals surface area contributed by atoms with Crippen LogP contribution in [0.4, 0.5) is 11.4 Å². The second-order valence-corrected chi connectivity index (χ2v) is 10.9. The minimum atomic E-state index is -0.283. The third-order valence-electron chi connectivity index (χ3n) is 7.16. The standard InChI is InChI=1S/C29H37N3O5.C6H13NO/c1-4-8-27(34)31-19-11-13-21-22-14-12-20(32-28(35)10-7-9-26(33)30-15-5-2)17-24(22)25(23(21)16-19)18-37-29(36)6-3;1-3-5-7-6(8)4-2/h11-14,16-17,25H,4-10,15,18H2,1-3H3,(H,30,33)(H,31,34)(H,32,35);3-5H2,1-2H3,(H,7,8). The zero-order valence-corrected chi connectivity index (χ0v) is 27.5. The van der Waals surface area contributed by atoms with Crippen molar-refractivity contribution in [2.75, 3.05) is 30.3 Å². The van der Waals surface area contributed by atoms with E-state index in [1.807, 2.05) is 64.1 Å². The summed E-state index contributed by atoms with van der Waals surface area (Å²) in [6, 6.07) is 11.5. The monoisotopic (exact) mass is 622 g/mol. The van der Waals surface area contributed by atoms with Gasteiger partial charge in [0.15, 0.2) is 0 Å². The zero-order chi connectivity index (χ0) is 33.2. The Morgan fingerprint density at radius 2 is 1.13 bits per heavy atom. The molecule has 1 unspecified atom stereocenters. The van der Waals surface area contributed by atoms with Crippen LogP contribution in [0.15, 0.2) is 36.4 Å². The number of hydrogen-bond acceptors (Lipinski definition) is 6. The number of benzene rings is 2. The SMILES string of the molecule is CCCNC(=O)CC.CCCNC(=O)CCCC(=O)Nc1ccc2c(c1)C(COC(=O)CC)c1cc(NC(=O)CCC)ccc1-2. The van der Waals surface area contributed by atoms with E-state index in [0.717, 1.165) is 48.1 Å². The molecule has 45 heavy (non-hydrogen) atoms. The molecule has 0 heterocycles. The highest BCUT2D eigenvalue weighted by Crippen LogP contribution is 2.47. The van der Waals surface area contributed by atoms with Gasteiger partial charge in [-0.05, 0) is 72.2 Å². The maximum atomic E-state index is 12.5. The first-order chi connectivity index (χ1) is 21.7. The van der Waals surface area contributed by atoms with Gasteiger partial charge in [-0.1, -0.05) is 46.8 Å². The van der Waals surface area contributed by atoms with Crippen molar-refractivity contribution in [3.8, 4) is 11.1 Å². The lowest BCUT2D eigenvalue weighted by atomic mass is 9.97. The molecular weight excluding hydrogens is 572 g/mol. The maximum absolute atomic E-state index is 12.5. The van der Waals surface area contributed by atoms with Crippen molar-refractivity contribution < 1.29 is 28.7 Å². The van der Waals surface area contributed by atoms with Crippen molar-refractivity contribution in [2.45, 2.75) is 98.3 Å². The topological polar surface area (TPSA) is 143 Å². The van der Waals surface area contributed by atoms with E-state index in [-0.39, 0.29) is 55.0 Å². The summed E-state index contributed by atoms with van der Waals surface area (Å²) < 4.78 is 5.52. The van der Waals surface area contributed by atoms with E-state index in [1.54, 1.807) is 6.92 Å². The summed E-state index contributed by atoms with van der Waals surface area (Å²) in [5, 5.41) is 11.4. The average molecular weight is 623 g/mol. The van der Waals surface area contributed by atoms with Gasteiger partial charge in [0.05, 0.1) is 0 Å². The number of esters is 1. The van der Waals surface area contributed by atoms with Gasteiger partial charge in [-0.2, -0.15) is 0 Å². The van der Waals surface area contributed by atoms with Crippen LogP contribution in [0.5, 0.6) is 0 Å². The Balaban J connectivity index is 0.000000777. The van der Waals surface area contributed by atoms with Crippen LogP contribution < -0.4 is 21.3 Å². The molecular formula is C35H50N4O6. The number of hydrogen-bond donors (Lipinski definition) is 4. The highest BCUT2D eigenvalue weighted by atomic mass is 16.5. The van der Waals surface area contributed by atoms with E-state index in [4.69, 9.17) is 4.74 Å². The average Bonchev–Trinajstić information content (AvgIpc) is 3.33. The van der Waals surface area contributed by atoms with E-state index in [2.05, 4.69) is 21.3 Å². The molecule has 0 radical (unpaired) electrons. The molecule has 246 valence electrons. The van der Waals surface area contributed by atoms with E-state index in [9.17, 15) is 24.0 Å². The fourth-order valence-electron chi connectivity index (χ4n) is 4.80. The molecule has 0 fully saturated rings.